The molecule has 0 aromatic carbocycles. The van der Waals surface area contributed by atoms with Crippen LogP contribution >= 0.6 is 0 Å². The van der Waals surface area contributed by atoms with E-state index in [1.807, 2.05) is 0 Å². The average Bonchev–Trinajstić information content (AvgIpc) is 2.00. The number of halogens is 3. The van der Waals surface area contributed by atoms with Crippen molar-refractivity contribution in [1.82, 2.24) is 0 Å². The quantitative estimate of drug-likeness (QED) is 0.610. The maximum atomic E-state index is 12.2. The molecular formula is C7H11F3O2. The van der Waals surface area contributed by atoms with Gasteiger partial charge in [0.25, 0.3) is 6.43 Å². The zero-order valence-corrected chi connectivity index (χ0v) is 6.73. The second-order valence-electron chi connectivity index (χ2n) is 2.19. The van der Waals surface area contributed by atoms with E-state index in [9.17, 15) is 18.0 Å². The Labute approximate surface area is 68.7 Å². The number of rotatable bonds is 5. The Balaban J connectivity index is 3.47. The molecule has 0 bridgehead atoms. The first-order valence-corrected chi connectivity index (χ1v) is 3.65. The molecule has 0 N–H and O–H groups in total. The third-order valence-electron chi connectivity index (χ3n) is 1.20. The van der Waals surface area contributed by atoms with Crippen molar-refractivity contribution in [3.05, 3.63) is 0 Å². The summed E-state index contributed by atoms with van der Waals surface area (Å²) < 4.78 is 39.7. The molecule has 0 radical (unpaired) electrons. The van der Waals surface area contributed by atoms with E-state index in [-0.39, 0.29) is 13.0 Å². The normalized spacial score (nSPS) is 13.1. The van der Waals surface area contributed by atoms with Crippen LogP contribution in [-0.2, 0) is 9.53 Å². The topological polar surface area (TPSA) is 26.3 Å². The van der Waals surface area contributed by atoms with E-state index in [1.54, 1.807) is 6.92 Å². The van der Waals surface area contributed by atoms with Gasteiger partial charge in [-0.2, -0.15) is 0 Å². The van der Waals surface area contributed by atoms with Gasteiger partial charge in [0.15, 0.2) is 6.17 Å². The van der Waals surface area contributed by atoms with Gasteiger partial charge in [-0.1, -0.05) is 0 Å². The van der Waals surface area contributed by atoms with Crippen molar-refractivity contribution in [3.8, 4) is 0 Å². The van der Waals surface area contributed by atoms with Crippen LogP contribution in [-0.4, -0.2) is 25.2 Å². The van der Waals surface area contributed by atoms with E-state index >= 15 is 0 Å². The number of hydrogen-bond acceptors (Lipinski definition) is 2. The highest BCUT2D eigenvalue weighted by Crippen LogP contribution is 2.11. The smallest absolute Gasteiger partial charge is 0.305 e. The molecule has 12 heavy (non-hydrogen) atoms. The van der Waals surface area contributed by atoms with Gasteiger partial charge >= 0.3 is 5.97 Å². The molecule has 0 amide bonds. The van der Waals surface area contributed by atoms with Gasteiger partial charge in [-0.05, 0) is 13.3 Å². The Kier molecular flexibility index (Phi) is 5.49. The van der Waals surface area contributed by atoms with Crippen LogP contribution in [0, 0.1) is 0 Å². The molecule has 1 atom stereocenters. The van der Waals surface area contributed by atoms with Crippen LogP contribution < -0.4 is 0 Å². The van der Waals surface area contributed by atoms with Crippen LogP contribution in [0.25, 0.3) is 0 Å². The molecule has 0 aliphatic carbocycles. The summed E-state index contributed by atoms with van der Waals surface area (Å²) in [5.41, 5.74) is 0. The Morgan fingerprint density at radius 2 is 2.00 bits per heavy atom. The summed E-state index contributed by atoms with van der Waals surface area (Å²) in [5, 5.41) is 0. The SMILES string of the molecule is CCOC(=O)CCC(F)C(F)F. The highest BCUT2D eigenvalue weighted by molar-refractivity contribution is 5.69. The fraction of sp³-hybridized carbons (Fsp3) is 0.857. The largest absolute Gasteiger partial charge is 0.466 e. The summed E-state index contributed by atoms with van der Waals surface area (Å²) in [6.45, 7) is 1.78. The first kappa shape index (κ1) is 11.3. The number of carbonyl (C=O) groups excluding carboxylic acids is 1. The number of alkyl halides is 3. The van der Waals surface area contributed by atoms with Crippen LogP contribution in [0.5, 0.6) is 0 Å². The van der Waals surface area contributed by atoms with E-state index < -0.39 is 25.0 Å². The van der Waals surface area contributed by atoms with Gasteiger partial charge in [0.05, 0.1) is 6.61 Å². The first-order chi connectivity index (χ1) is 5.57. The molecule has 0 fully saturated rings. The van der Waals surface area contributed by atoms with E-state index in [2.05, 4.69) is 4.74 Å². The monoisotopic (exact) mass is 184 g/mol. The van der Waals surface area contributed by atoms with Crippen molar-refractivity contribution >= 4 is 5.97 Å². The van der Waals surface area contributed by atoms with Gasteiger partial charge < -0.3 is 4.74 Å². The molecule has 2 nitrogen and oxygen atoms in total. The minimum absolute atomic E-state index is 0.185. The van der Waals surface area contributed by atoms with Gasteiger partial charge in [-0.25, -0.2) is 13.2 Å². The van der Waals surface area contributed by atoms with Gasteiger partial charge in [-0.15, -0.1) is 0 Å². The van der Waals surface area contributed by atoms with Gasteiger partial charge in [0.2, 0.25) is 0 Å². The first-order valence-electron chi connectivity index (χ1n) is 3.65. The molecule has 0 rings (SSSR count). The molecule has 72 valence electrons. The van der Waals surface area contributed by atoms with Crippen molar-refractivity contribution in [2.75, 3.05) is 6.61 Å². The highest BCUT2D eigenvalue weighted by atomic mass is 19.3. The van der Waals surface area contributed by atoms with Crippen LogP contribution in [0.15, 0.2) is 0 Å². The van der Waals surface area contributed by atoms with Crippen molar-refractivity contribution in [2.24, 2.45) is 0 Å². The minimum atomic E-state index is -3.01. The lowest BCUT2D eigenvalue weighted by Gasteiger charge is -2.05. The lowest BCUT2D eigenvalue weighted by Crippen LogP contribution is -2.14. The summed E-state index contributed by atoms with van der Waals surface area (Å²) in [6.07, 6.45) is -6.01. The van der Waals surface area contributed by atoms with E-state index in [1.165, 1.54) is 0 Å². The number of carbonyl (C=O) groups is 1. The van der Waals surface area contributed by atoms with Crippen LogP contribution in [0.2, 0.25) is 0 Å². The molecule has 0 aliphatic heterocycles. The predicted molar refractivity (Wildman–Crippen MR) is 36.8 cm³/mol. The van der Waals surface area contributed by atoms with Crippen molar-refractivity contribution < 1.29 is 22.7 Å². The third kappa shape index (κ3) is 4.98. The summed E-state index contributed by atoms with van der Waals surface area (Å²) >= 11 is 0. The van der Waals surface area contributed by atoms with Crippen LogP contribution in [0.3, 0.4) is 0 Å². The summed E-state index contributed by atoms with van der Waals surface area (Å²) in [4.78, 5) is 10.5. The number of ether oxygens (including phenoxy) is 1. The second kappa shape index (κ2) is 5.85. The van der Waals surface area contributed by atoms with Crippen LogP contribution in [0.4, 0.5) is 13.2 Å². The van der Waals surface area contributed by atoms with Crippen LogP contribution in [0.1, 0.15) is 19.8 Å². The molecule has 1 unspecified atom stereocenters. The summed E-state index contributed by atoms with van der Waals surface area (Å²) in [5.74, 6) is -0.638. The predicted octanol–water partition coefficient (Wildman–Crippen LogP) is 1.93. The van der Waals surface area contributed by atoms with Gasteiger partial charge in [0.1, 0.15) is 0 Å². The fourth-order valence-corrected chi connectivity index (χ4v) is 0.615. The standard InChI is InChI=1S/C7H11F3O2/c1-2-12-6(11)4-3-5(8)7(9)10/h5,7H,2-4H2,1H3. The average molecular weight is 184 g/mol. The van der Waals surface area contributed by atoms with Gasteiger partial charge in [-0.3, -0.25) is 4.79 Å². The Morgan fingerprint density at radius 1 is 1.42 bits per heavy atom. The molecule has 0 spiro atoms. The minimum Gasteiger partial charge on any atom is -0.466 e. The highest BCUT2D eigenvalue weighted by Gasteiger charge is 2.20. The van der Waals surface area contributed by atoms with E-state index in [4.69, 9.17) is 0 Å². The lowest BCUT2D eigenvalue weighted by atomic mass is 10.2. The molecular weight excluding hydrogens is 173 g/mol. The van der Waals surface area contributed by atoms with Crippen molar-refractivity contribution in [1.29, 1.82) is 0 Å². The zero-order valence-electron chi connectivity index (χ0n) is 6.73. The van der Waals surface area contributed by atoms with Gasteiger partial charge in [0, 0.05) is 6.42 Å². The molecule has 0 aliphatic rings. The summed E-state index contributed by atoms with van der Waals surface area (Å²) in [6, 6.07) is 0. The maximum Gasteiger partial charge on any atom is 0.305 e. The fourth-order valence-electron chi connectivity index (χ4n) is 0.615. The molecule has 0 aromatic rings. The molecule has 0 heterocycles. The Morgan fingerprint density at radius 3 is 2.42 bits per heavy atom. The zero-order chi connectivity index (χ0) is 9.56. The summed E-state index contributed by atoms with van der Waals surface area (Å²) in [7, 11) is 0. The second-order valence-corrected chi connectivity index (χ2v) is 2.19. The number of esters is 1. The maximum absolute atomic E-state index is 12.2. The molecule has 5 heteroatoms. The molecule has 0 saturated heterocycles. The molecule has 0 saturated carbocycles. The lowest BCUT2D eigenvalue weighted by molar-refractivity contribution is -0.143. The Bertz CT molecular complexity index is 139. The van der Waals surface area contributed by atoms with E-state index in [0.29, 0.717) is 0 Å². The van der Waals surface area contributed by atoms with Crippen molar-refractivity contribution in [2.45, 2.75) is 32.4 Å². The van der Waals surface area contributed by atoms with Crippen molar-refractivity contribution in [3.63, 3.8) is 0 Å². The number of hydrogen-bond donors (Lipinski definition) is 0. The Hall–Kier alpha value is -0.740. The third-order valence-corrected chi connectivity index (χ3v) is 1.20. The van der Waals surface area contributed by atoms with E-state index in [0.717, 1.165) is 0 Å². The molecule has 0 aromatic heterocycles.